The van der Waals surface area contributed by atoms with Crippen molar-refractivity contribution in [1.29, 1.82) is 0 Å². The molecule has 2 nitrogen and oxygen atoms in total. The number of aromatic amines is 1. The molecule has 4 aliphatic rings. The number of aryl methyl sites for hydroxylation is 2. The van der Waals surface area contributed by atoms with Crippen LogP contribution in [0.3, 0.4) is 0 Å². The predicted molar refractivity (Wildman–Crippen MR) is 85.4 cm³/mol. The molecule has 4 fully saturated rings. The van der Waals surface area contributed by atoms with Crippen molar-refractivity contribution in [2.75, 3.05) is 0 Å². The molecule has 2 heteroatoms. The van der Waals surface area contributed by atoms with Crippen LogP contribution in [0.5, 0.6) is 0 Å². The Hall–Kier alpha value is -1.31. The highest BCUT2D eigenvalue weighted by molar-refractivity contribution is 5.77. The lowest BCUT2D eigenvalue weighted by Crippen LogP contribution is -2.49. The highest BCUT2D eigenvalue weighted by Gasteiger charge is 2.53. The van der Waals surface area contributed by atoms with Crippen LogP contribution in [0.15, 0.2) is 12.1 Å². The minimum Gasteiger partial charge on any atom is -0.341 e. The molecule has 1 aromatic heterocycles. The van der Waals surface area contributed by atoms with Gasteiger partial charge in [-0.2, -0.15) is 0 Å². The third-order valence-corrected chi connectivity index (χ3v) is 6.64. The molecule has 4 bridgehead atoms. The highest BCUT2D eigenvalue weighted by atomic mass is 14.9. The molecule has 21 heavy (non-hydrogen) atoms. The molecule has 0 atom stereocenters. The summed E-state index contributed by atoms with van der Waals surface area (Å²) in [6, 6.07) is 4.53. The van der Waals surface area contributed by atoms with Crippen molar-refractivity contribution in [3.63, 3.8) is 0 Å². The van der Waals surface area contributed by atoms with Crippen molar-refractivity contribution in [2.45, 2.75) is 57.8 Å². The lowest BCUT2D eigenvalue weighted by molar-refractivity contribution is -0.00886. The van der Waals surface area contributed by atoms with Gasteiger partial charge in [-0.25, -0.2) is 4.98 Å². The van der Waals surface area contributed by atoms with Crippen molar-refractivity contribution in [3.8, 4) is 0 Å². The summed E-state index contributed by atoms with van der Waals surface area (Å²) >= 11 is 0. The predicted octanol–water partition coefficient (Wildman–Crippen LogP) is 4.65. The average molecular weight is 280 g/mol. The number of H-pyrrole nitrogens is 1. The molecule has 0 radical (unpaired) electrons. The number of nitrogens with one attached hydrogen (secondary N) is 1. The third-order valence-electron chi connectivity index (χ3n) is 6.64. The zero-order valence-corrected chi connectivity index (χ0v) is 13.1. The SMILES string of the molecule is Cc1cc2nc(C34CC5CC(CC(C5)C3)C4)[nH]c2cc1C. The maximum absolute atomic E-state index is 5.05. The first kappa shape index (κ1) is 12.3. The lowest BCUT2D eigenvalue weighted by Gasteiger charge is -2.55. The van der Waals surface area contributed by atoms with E-state index in [0.29, 0.717) is 5.41 Å². The molecule has 4 saturated carbocycles. The van der Waals surface area contributed by atoms with Crippen molar-refractivity contribution in [1.82, 2.24) is 9.97 Å². The Labute approximate surface area is 126 Å². The first-order valence-electron chi connectivity index (χ1n) is 8.59. The molecule has 0 unspecified atom stereocenters. The van der Waals surface area contributed by atoms with Gasteiger partial charge in [-0.15, -0.1) is 0 Å². The van der Waals surface area contributed by atoms with Gasteiger partial charge in [-0.05, 0) is 93.4 Å². The van der Waals surface area contributed by atoms with Gasteiger partial charge < -0.3 is 4.98 Å². The molecular formula is C19H24N2. The average Bonchev–Trinajstić information content (AvgIpc) is 2.81. The molecule has 4 aliphatic carbocycles. The van der Waals surface area contributed by atoms with E-state index in [0.717, 1.165) is 17.8 Å². The van der Waals surface area contributed by atoms with Gasteiger partial charge in [0, 0.05) is 5.41 Å². The van der Waals surface area contributed by atoms with Gasteiger partial charge >= 0.3 is 0 Å². The van der Waals surface area contributed by atoms with Gasteiger partial charge in [0.1, 0.15) is 5.82 Å². The number of hydrogen-bond acceptors (Lipinski definition) is 1. The summed E-state index contributed by atoms with van der Waals surface area (Å²) in [6.45, 7) is 4.38. The van der Waals surface area contributed by atoms with E-state index in [-0.39, 0.29) is 0 Å². The number of rotatable bonds is 1. The fraction of sp³-hybridized carbons (Fsp3) is 0.632. The van der Waals surface area contributed by atoms with Gasteiger partial charge in [0.25, 0.3) is 0 Å². The smallest absolute Gasteiger partial charge is 0.113 e. The number of hydrogen-bond donors (Lipinski definition) is 1. The van der Waals surface area contributed by atoms with Crippen molar-refractivity contribution in [2.24, 2.45) is 17.8 Å². The Morgan fingerprint density at radius 2 is 1.52 bits per heavy atom. The summed E-state index contributed by atoms with van der Waals surface area (Å²) in [6.07, 6.45) is 8.65. The summed E-state index contributed by atoms with van der Waals surface area (Å²) < 4.78 is 0. The van der Waals surface area contributed by atoms with E-state index in [4.69, 9.17) is 4.98 Å². The minimum atomic E-state index is 0.385. The third kappa shape index (κ3) is 1.68. The number of aromatic nitrogens is 2. The van der Waals surface area contributed by atoms with Gasteiger partial charge in [0.05, 0.1) is 11.0 Å². The number of nitrogens with zero attached hydrogens (tertiary/aromatic N) is 1. The zero-order valence-electron chi connectivity index (χ0n) is 13.1. The van der Waals surface area contributed by atoms with E-state index in [1.54, 1.807) is 0 Å². The van der Waals surface area contributed by atoms with E-state index >= 15 is 0 Å². The Balaban J connectivity index is 1.63. The first-order valence-corrected chi connectivity index (χ1v) is 8.59. The molecule has 0 amide bonds. The highest BCUT2D eigenvalue weighted by Crippen LogP contribution is 2.60. The monoisotopic (exact) mass is 280 g/mol. The fourth-order valence-electron chi connectivity index (χ4n) is 5.92. The topological polar surface area (TPSA) is 28.7 Å². The lowest BCUT2D eigenvalue weighted by atomic mass is 9.49. The Morgan fingerprint density at radius 1 is 0.952 bits per heavy atom. The quantitative estimate of drug-likeness (QED) is 0.809. The van der Waals surface area contributed by atoms with Crippen LogP contribution in [0.2, 0.25) is 0 Å². The second-order valence-electron chi connectivity index (χ2n) is 8.24. The number of fused-ring (bicyclic) bond motifs is 1. The van der Waals surface area contributed by atoms with Crippen LogP contribution in [0.25, 0.3) is 11.0 Å². The summed E-state index contributed by atoms with van der Waals surface area (Å²) in [5, 5.41) is 0. The van der Waals surface area contributed by atoms with Crippen LogP contribution in [0, 0.1) is 31.6 Å². The van der Waals surface area contributed by atoms with Gasteiger partial charge in [-0.1, -0.05) is 0 Å². The van der Waals surface area contributed by atoms with Gasteiger partial charge in [0.2, 0.25) is 0 Å². The first-order chi connectivity index (χ1) is 10.1. The second-order valence-corrected chi connectivity index (χ2v) is 8.24. The molecule has 0 aliphatic heterocycles. The van der Waals surface area contributed by atoms with Crippen molar-refractivity contribution < 1.29 is 0 Å². The normalized spacial score (nSPS) is 37.5. The maximum Gasteiger partial charge on any atom is 0.113 e. The summed E-state index contributed by atoms with van der Waals surface area (Å²) in [5.74, 6) is 4.25. The minimum absolute atomic E-state index is 0.385. The molecule has 1 N–H and O–H groups in total. The van der Waals surface area contributed by atoms with Crippen LogP contribution in [-0.2, 0) is 5.41 Å². The molecule has 110 valence electrons. The van der Waals surface area contributed by atoms with E-state index < -0.39 is 0 Å². The molecule has 6 rings (SSSR count). The molecular weight excluding hydrogens is 256 g/mol. The number of benzene rings is 1. The van der Waals surface area contributed by atoms with E-state index in [9.17, 15) is 0 Å². The largest absolute Gasteiger partial charge is 0.341 e. The molecule has 2 aromatic rings. The summed E-state index contributed by atoms with van der Waals surface area (Å²) in [7, 11) is 0. The Morgan fingerprint density at radius 3 is 2.14 bits per heavy atom. The molecule has 1 heterocycles. The Bertz CT molecular complexity index is 650. The summed E-state index contributed by atoms with van der Waals surface area (Å²) in [4.78, 5) is 8.76. The molecule has 0 saturated heterocycles. The maximum atomic E-state index is 5.05. The fourth-order valence-corrected chi connectivity index (χ4v) is 5.92. The molecule has 1 aromatic carbocycles. The van der Waals surface area contributed by atoms with Gasteiger partial charge in [0.15, 0.2) is 0 Å². The van der Waals surface area contributed by atoms with Crippen molar-refractivity contribution >= 4 is 11.0 Å². The summed E-state index contributed by atoms with van der Waals surface area (Å²) in [5.41, 5.74) is 5.51. The Kier molecular flexibility index (Phi) is 2.28. The van der Waals surface area contributed by atoms with Crippen LogP contribution in [-0.4, -0.2) is 9.97 Å². The van der Waals surface area contributed by atoms with E-state index in [1.807, 2.05) is 0 Å². The second kappa shape index (κ2) is 3.91. The number of imidazole rings is 1. The van der Waals surface area contributed by atoms with Gasteiger partial charge in [-0.3, -0.25) is 0 Å². The molecule has 0 spiro atoms. The van der Waals surface area contributed by atoms with Crippen molar-refractivity contribution in [3.05, 3.63) is 29.1 Å². The van der Waals surface area contributed by atoms with Crippen LogP contribution in [0.1, 0.15) is 55.5 Å². The van der Waals surface area contributed by atoms with E-state index in [1.165, 1.54) is 66.5 Å². The van der Waals surface area contributed by atoms with Crippen LogP contribution < -0.4 is 0 Å². The standard InChI is InChI=1S/C19H24N2/c1-11-3-16-17(4-12(11)2)21-18(20-16)19-8-13-5-14(9-19)7-15(6-13)10-19/h3-4,13-15H,5-10H2,1-2H3,(H,20,21). The van der Waals surface area contributed by atoms with Crippen LogP contribution >= 0.6 is 0 Å². The van der Waals surface area contributed by atoms with E-state index in [2.05, 4.69) is 31.0 Å². The van der Waals surface area contributed by atoms with Crippen LogP contribution in [0.4, 0.5) is 0 Å². The zero-order chi connectivity index (χ0) is 14.2.